The van der Waals surface area contributed by atoms with Crippen molar-refractivity contribution >= 4 is 5.97 Å². The summed E-state index contributed by atoms with van der Waals surface area (Å²) in [5.41, 5.74) is -3.27. The quantitative estimate of drug-likeness (QED) is 0.160. The molecular formula is C36H58O11. The fourth-order valence-corrected chi connectivity index (χ4v) is 12.4. The molecule has 4 saturated carbocycles. The summed E-state index contributed by atoms with van der Waals surface area (Å²) in [7, 11) is 0. The topological polar surface area (TPSA) is 197 Å². The second-order valence-corrected chi connectivity index (χ2v) is 17.5. The van der Waals surface area contributed by atoms with Gasteiger partial charge in [0, 0.05) is 11.3 Å². The number of hydrogen-bond acceptors (Lipinski definition) is 11. The minimum absolute atomic E-state index is 0.00373. The molecule has 5 aliphatic carbocycles. The summed E-state index contributed by atoms with van der Waals surface area (Å²) in [5, 5.41) is 86.2. The third-order valence-corrected chi connectivity index (χ3v) is 15.6. The van der Waals surface area contributed by atoms with Crippen LogP contribution in [0.2, 0.25) is 0 Å². The van der Waals surface area contributed by atoms with E-state index in [1.54, 1.807) is 0 Å². The molecule has 11 heteroatoms. The third-order valence-electron chi connectivity index (χ3n) is 15.6. The number of aliphatic hydroxyl groups excluding tert-OH is 7. The molecule has 0 aromatic carbocycles. The number of esters is 1. The van der Waals surface area contributed by atoms with Gasteiger partial charge in [0.05, 0.1) is 36.4 Å². The Morgan fingerprint density at radius 2 is 1.60 bits per heavy atom. The molecule has 6 rings (SSSR count). The van der Waals surface area contributed by atoms with Crippen molar-refractivity contribution in [1.82, 2.24) is 0 Å². The number of carbonyl (C=O) groups excluding carboxylic acids is 1. The van der Waals surface area contributed by atoms with Crippen molar-refractivity contribution in [3.05, 3.63) is 11.6 Å². The summed E-state index contributed by atoms with van der Waals surface area (Å²) >= 11 is 0. The van der Waals surface area contributed by atoms with Crippen LogP contribution in [-0.2, 0) is 14.3 Å². The zero-order chi connectivity index (χ0) is 34.7. The van der Waals surface area contributed by atoms with Crippen molar-refractivity contribution < 1.29 is 55.1 Å². The highest BCUT2D eigenvalue weighted by Crippen LogP contribution is 2.76. The maximum absolute atomic E-state index is 14.5. The van der Waals surface area contributed by atoms with Crippen molar-refractivity contribution in [2.45, 2.75) is 141 Å². The van der Waals surface area contributed by atoms with Gasteiger partial charge in [0.1, 0.15) is 24.4 Å². The van der Waals surface area contributed by atoms with E-state index in [4.69, 9.17) is 9.47 Å². The van der Waals surface area contributed by atoms with Crippen LogP contribution in [0.1, 0.15) is 92.9 Å². The van der Waals surface area contributed by atoms with Crippen LogP contribution in [0.15, 0.2) is 11.6 Å². The van der Waals surface area contributed by atoms with Gasteiger partial charge in [-0.15, -0.1) is 0 Å². The van der Waals surface area contributed by atoms with E-state index in [1.807, 2.05) is 20.8 Å². The molecule has 17 atom stereocenters. The molecule has 1 aliphatic heterocycles. The molecule has 6 aliphatic rings. The predicted octanol–water partition coefficient (Wildman–Crippen LogP) is 1.41. The SMILES string of the molecule is C[C@@H]1CC[C@]2(C(=O)O[C@@H]3O[C@H](CO)[C@@H](O)[C@H](O)[C@H]3O)CC[C@]3(C)C(=CC[C@@H]4[C@@]5(C)C[C@@H](O)[C@@H](O)[C@](C)(CO)[C@H]5CC[C@]43C)[C@@H]2[C@]1(C)O. The van der Waals surface area contributed by atoms with Crippen LogP contribution < -0.4 is 0 Å². The monoisotopic (exact) mass is 666 g/mol. The Hall–Kier alpha value is -1.15. The van der Waals surface area contributed by atoms with Crippen LogP contribution in [0.5, 0.6) is 0 Å². The Labute approximate surface area is 278 Å². The number of hydrogen-bond donors (Lipinski definition) is 8. The molecule has 0 aromatic heterocycles. The van der Waals surface area contributed by atoms with Crippen molar-refractivity contribution in [3.8, 4) is 0 Å². The fourth-order valence-electron chi connectivity index (χ4n) is 12.4. The van der Waals surface area contributed by atoms with Crippen LogP contribution >= 0.6 is 0 Å². The third kappa shape index (κ3) is 4.60. The van der Waals surface area contributed by atoms with Crippen LogP contribution in [0.25, 0.3) is 0 Å². The van der Waals surface area contributed by atoms with Gasteiger partial charge in [-0.1, -0.05) is 46.3 Å². The van der Waals surface area contributed by atoms with Crippen LogP contribution in [0, 0.1) is 50.7 Å². The van der Waals surface area contributed by atoms with Gasteiger partial charge in [0.2, 0.25) is 6.29 Å². The maximum Gasteiger partial charge on any atom is 0.315 e. The van der Waals surface area contributed by atoms with Crippen LogP contribution in [-0.4, -0.2) is 109 Å². The molecule has 0 amide bonds. The number of rotatable bonds is 4. The molecule has 8 N–H and O–H groups in total. The van der Waals surface area contributed by atoms with Gasteiger partial charge in [-0.25, -0.2) is 0 Å². The summed E-state index contributed by atoms with van der Waals surface area (Å²) < 4.78 is 11.4. The smallest absolute Gasteiger partial charge is 0.315 e. The first-order valence-electron chi connectivity index (χ1n) is 17.7. The first-order chi connectivity index (χ1) is 21.8. The predicted molar refractivity (Wildman–Crippen MR) is 169 cm³/mol. The molecule has 0 unspecified atom stereocenters. The van der Waals surface area contributed by atoms with Gasteiger partial charge < -0.3 is 50.3 Å². The molecule has 0 radical (unpaired) electrons. The maximum atomic E-state index is 14.5. The molecule has 11 nitrogen and oxygen atoms in total. The van der Waals surface area contributed by atoms with Crippen LogP contribution in [0.3, 0.4) is 0 Å². The van der Waals surface area contributed by atoms with Crippen molar-refractivity contribution in [3.63, 3.8) is 0 Å². The fraction of sp³-hybridized carbons (Fsp3) is 0.917. The Morgan fingerprint density at radius 3 is 2.23 bits per heavy atom. The average Bonchev–Trinajstić information content (AvgIpc) is 3.02. The highest BCUT2D eigenvalue weighted by molar-refractivity contribution is 5.79. The van der Waals surface area contributed by atoms with E-state index in [9.17, 15) is 45.6 Å². The molecular weight excluding hydrogens is 608 g/mol. The minimum Gasteiger partial charge on any atom is -0.432 e. The zero-order valence-corrected chi connectivity index (χ0v) is 28.8. The van der Waals surface area contributed by atoms with Gasteiger partial charge in [0.25, 0.3) is 0 Å². The lowest BCUT2D eigenvalue weighted by atomic mass is 9.33. The van der Waals surface area contributed by atoms with Crippen molar-refractivity contribution in [2.24, 2.45) is 50.7 Å². The van der Waals surface area contributed by atoms with Gasteiger partial charge in [-0.2, -0.15) is 0 Å². The number of fused-ring (bicyclic) bond motifs is 7. The van der Waals surface area contributed by atoms with E-state index in [-0.39, 0.29) is 35.2 Å². The Bertz CT molecular complexity index is 1270. The summed E-state index contributed by atoms with van der Waals surface area (Å²) in [6.45, 7) is 11.6. The zero-order valence-electron chi connectivity index (χ0n) is 28.8. The number of carbonyl (C=O) groups is 1. The first kappa shape index (κ1) is 35.7. The van der Waals surface area contributed by atoms with E-state index < -0.39 is 83.3 Å². The molecule has 1 saturated heterocycles. The van der Waals surface area contributed by atoms with Crippen LogP contribution in [0.4, 0.5) is 0 Å². The highest BCUT2D eigenvalue weighted by atomic mass is 16.7. The first-order valence-corrected chi connectivity index (χ1v) is 17.7. The largest absolute Gasteiger partial charge is 0.432 e. The highest BCUT2D eigenvalue weighted by Gasteiger charge is 2.72. The lowest BCUT2D eigenvalue weighted by Gasteiger charge is -2.72. The van der Waals surface area contributed by atoms with Gasteiger partial charge in [0.15, 0.2) is 0 Å². The van der Waals surface area contributed by atoms with E-state index in [2.05, 4.69) is 26.8 Å². The molecule has 268 valence electrons. The summed E-state index contributed by atoms with van der Waals surface area (Å²) in [5.74, 6) is -1.23. The lowest BCUT2D eigenvalue weighted by molar-refractivity contribution is -0.299. The molecule has 0 bridgehead atoms. The lowest BCUT2D eigenvalue weighted by Crippen LogP contribution is -2.69. The Balaban J connectivity index is 1.40. The molecule has 47 heavy (non-hydrogen) atoms. The molecule has 0 aromatic rings. The Morgan fingerprint density at radius 1 is 0.915 bits per heavy atom. The molecule has 1 heterocycles. The van der Waals surface area contributed by atoms with Crippen molar-refractivity contribution in [1.29, 1.82) is 0 Å². The van der Waals surface area contributed by atoms with Gasteiger partial charge in [-0.3, -0.25) is 4.79 Å². The number of aliphatic hydroxyl groups is 8. The normalized spacial score (nSPS) is 57.5. The number of ether oxygens (including phenoxy) is 2. The van der Waals surface area contributed by atoms with E-state index in [0.717, 1.165) is 18.4 Å². The second-order valence-electron chi connectivity index (χ2n) is 17.5. The standard InChI is InChI=1S/C36H58O11/c1-18-9-12-36(30(44)47-29-26(42)25(41)24(40)21(16-37)46-29)14-13-33(4)19(27(36)35(18,6)45)7-8-23-31(2)15-20(39)28(43)32(3,17-38)22(31)10-11-34(23,33)5/h7,18,20-29,37-43,45H,8-17H2,1-6H3/t18-,20-,21-,22+,23-,24-,25+,26-,27-,28-,29+,31+,32-,33-,34-,35-,36+/m1/s1. The van der Waals surface area contributed by atoms with E-state index in [0.29, 0.717) is 38.5 Å². The summed E-state index contributed by atoms with van der Waals surface area (Å²) in [6, 6.07) is 0. The second kappa shape index (κ2) is 11.4. The Kier molecular flexibility index (Phi) is 8.68. The molecule has 5 fully saturated rings. The van der Waals surface area contributed by atoms with Crippen molar-refractivity contribution in [2.75, 3.05) is 13.2 Å². The minimum atomic E-state index is -1.72. The van der Waals surface area contributed by atoms with E-state index >= 15 is 0 Å². The summed E-state index contributed by atoms with van der Waals surface area (Å²) in [4.78, 5) is 14.5. The summed E-state index contributed by atoms with van der Waals surface area (Å²) in [6.07, 6.45) is -2.75. The van der Waals surface area contributed by atoms with Gasteiger partial charge >= 0.3 is 5.97 Å². The van der Waals surface area contributed by atoms with E-state index in [1.165, 1.54) is 0 Å². The average molecular weight is 667 g/mol. The van der Waals surface area contributed by atoms with Gasteiger partial charge in [-0.05, 0) is 92.3 Å². The molecule has 0 spiro atoms. The number of allylic oxidation sites excluding steroid dienone is 1.